The molecule has 4 saturated carbocycles. The van der Waals surface area contributed by atoms with Crippen LogP contribution in [0.2, 0.25) is 0 Å². The largest absolute Gasteiger partial charge is 0.393 e. The monoisotopic (exact) mass is 306 g/mol. The van der Waals surface area contributed by atoms with Gasteiger partial charge in [-0.1, -0.05) is 13.8 Å². The van der Waals surface area contributed by atoms with Crippen LogP contribution in [0.1, 0.15) is 65.2 Å². The van der Waals surface area contributed by atoms with Gasteiger partial charge in [-0.25, -0.2) is 0 Å². The van der Waals surface area contributed by atoms with Gasteiger partial charge in [0.15, 0.2) is 5.78 Å². The van der Waals surface area contributed by atoms with E-state index in [0.717, 1.165) is 32.1 Å². The molecule has 124 valence electrons. The van der Waals surface area contributed by atoms with Crippen LogP contribution in [0.3, 0.4) is 0 Å². The minimum atomic E-state index is -0.715. The summed E-state index contributed by atoms with van der Waals surface area (Å²) in [7, 11) is 0. The molecule has 0 aromatic carbocycles. The third kappa shape index (κ3) is 1.84. The molecule has 3 heteroatoms. The SMILES string of the molecule is C[C@]12CC[C@@H](O)C[C@@H]1CC[C@@H]1[C@H]2CC[C@]2(C)C(=O)[C@@H](O)C[C@H]12. The topological polar surface area (TPSA) is 57.5 Å². The van der Waals surface area contributed by atoms with Gasteiger partial charge >= 0.3 is 0 Å². The van der Waals surface area contributed by atoms with E-state index in [1.807, 2.05) is 0 Å². The Kier molecular flexibility index (Phi) is 3.30. The molecule has 4 aliphatic carbocycles. The van der Waals surface area contributed by atoms with Gasteiger partial charge < -0.3 is 10.2 Å². The highest BCUT2D eigenvalue weighted by Crippen LogP contribution is 2.65. The van der Waals surface area contributed by atoms with Crippen LogP contribution in [0.25, 0.3) is 0 Å². The van der Waals surface area contributed by atoms with Crippen LogP contribution >= 0.6 is 0 Å². The number of Topliss-reactive ketones (excluding diaryl/α,β-unsaturated/α-hetero) is 1. The van der Waals surface area contributed by atoms with Gasteiger partial charge in [-0.3, -0.25) is 4.79 Å². The maximum absolute atomic E-state index is 12.5. The minimum absolute atomic E-state index is 0.0987. The quantitative estimate of drug-likeness (QED) is 0.723. The second kappa shape index (κ2) is 4.80. The van der Waals surface area contributed by atoms with E-state index in [1.165, 1.54) is 12.8 Å². The van der Waals surface area contributed by atoms with Crippen LogP contribution < -0.4 is 0 Å². The van der Waals surface area contributed by atoms with Crippen molar-refractivity contribution in [3.05, 3.63) is 0 Å². The van der Waals surface area contributed by atoms with Gasteiger partial charge in [0.25, 0.3) is 0 Å². The Morgan fingerprint density at radius 3 is 2.50 bits per heavy atom. The lowest BCUT2D eigenvalue weighted by molar-refractivity contribution is -0.144. The summed E-state index contributed by atoms with van der Waals surface area (Å²) in [6.07, 6.45) is 7.43. The van der Waals surface area contributed by atoms with Gasteiger partial charge in [-0.15, -0.1) is 0 Å². The van der Waals surface area contributed by atoms with Crippen LogP contribution in [0.4, 0.5) is 0 Å². The standard InChI is InChI=1S/C19H30O3/c1-18-7-5-12(20)9-11(18)3-4-13-14(18)6-8-19(2)15(13)10-16(21)17(19)22/h11-16,20-21H,3-10H2,1-2H3/t11-,12+,13+,14+,15+,16-,18-,19-/m0/s1. The first-order valence-electron chi connectivity index (χ1n) is 9.26. The third-order valence-electron chi connectivity index (χ3n) is 8.37. The van der Waals surface area contributed by atoms with E-state index in [1.54, 1.807) is 0 Å². The zero-order chi connectivity index (χ0) is 15.7. The van der Waals surface area contributed by atoms with Gasteiger partial charge in [0.1, 0.15) is 6.10 Å². The van der Waals surface area contributed by atoms with Crippen molar-refractivity contribution in [1.82, 2.24) is 0 Å². The summed E-state index contributed by atoms with van der Waals surface area (Å²) in [5.74, 6) is 2.45. The molecule has 0 unspecified atom stereocenters. The van der Waals surface area contributed by atoms with E-state index < -0.39 is 6.10 Å². The summed E-state index contributed by atoms with van der Waals surface area (Å²) in [4.78, 5) is 12.5. The van der Waals surface area contributed by atoms with E-state index in [2.05, 4.69) is 13.8 Å². The highest BCUT2D eigenvalue weighted by Gasteiger charge is 2.62. The molecule has 8 atom stereocenters. The summed E-state index contributed by atoms with van der Waals surface area (Å²) in [6.45, 7) is 4.57. The lowest BCUT2D eigenvalue weighted by atomic mass is 9.45. The van der Waals surface area contributed by atoms with Crippen LogP contribution in [0, 0.1) is 34.5 Å². The average molecular weight is 306 g/mol. The predicted octanol–water partition coefficient (Wildman–Crippen LogP) is 2.93. The number of aliphatic hydroxyl groups is 2. The number of hydrogen-bond donors (Lipinski definition) is 2. The Morgan fingerprint density at radius 1 is 0.955 bits per heavy atom. The van der Waals surface area contributed by atoms with Crippen molar-refractivity contribution in [2.45, 2.75) is 77.4 Å². The van der Waals surface area contributed by atoms with Gasteiger partial charge in [-0.2, -0.15) is 0 Å². The second-order valence-corrected chi connectivity index (χ2v) is 9.16. The molecule has 0 aromatic heterocycles. The van der Waals surface area contributed by atoms with Crippen LogP contribution in [0.15, 0.2) is 0 Å². The number of ketones is 1. The van der Waals surface area contributed by atoms with Gasteiger partial charge in [0.05, 0.1) is 6.10 Å². The van der Waals surface area contributed by atoms with Crippen molar-refractivity contribution in [1.29, 1.82) is 0 Å². The Bertz CT molecular complexity index is 489. The highest BCUT2D eigenvalue weighted by atomic mass is 16.3. The third-order valence-corrected chi connectivity index (χ3v) is 8.37. The highest BCUT2D eigenvalue weighted by molar-refractivity contribution is 5.91. The van der Waals surface area contributed by atoms with Crippen molar-refractivity contribution >= 4 is 5.78 Å². The molecule has 22 heavy (non-hydrogen) atoms. The molecule has 0 radical (unpaired) electrons. The molecule has 4 rings (SSSR count). The molecule has 2 N–H and O–H groups in total. The molecule has 0 amide bonds. The molecule has 0 spiro atoms. The Balaban J connectivity index is 1.64. The van der Waals surface area contributed by atoms with Crippen LogP contribution in [0.5, 0.6) is 0 Å². The van der Waals surface area contributed by atoms with Gasteiger partial charge in [0, 0.05) is 5.41 Å². The Morgan fingerprint density at radius 2 is 1.73 bits per heavy atom. The average Bonchev–Trinajstić information content (AvgIpc) is 2.72. The molecule has 3 nitrogen and oxygen atoms in total. The molecule has 4 fully saturated rings. The molecular weight excluding hydrogens is 276 g/mol. The van der Waals surface area contributed by atoms with Gasteiger partial charge in [0.2, 0.25) is 0 Å². The van der Waals surface area contributed by atoms with Crippen molar-refractivity contribution < 1.29 is 15.0 Å². The smallest absolute Gasteiger partial charge is 0.167 e. The fourth-order valence-corrected chi connectivity index (χ4v) is 7.02. The summed E-state index contributed by atoms with van der Waals surface area (Å²) >= 11 is 0. The van der Waals surface area contributed by atoms with Crippen molar-refractivity contribution in [3.63, 3.8) is 0 Å². The molecule has 0 bridgehead atoms. The van der Waals surface area contributed by atoms with Crippen molar-refractivity contribution in [3.8, 4) is 0 Å². The van der Waals surface area contributed by atoms with E-state index in [0.29, 0.717) is 35.5 Å². The fourth-order valence-electron chi connectivity index (χ4n) is 7.02. The number of aliphatic hydroxyl groups excluding tert-OH is 2. The number of carbonyl (C=O) groups excluding carboxylic acids is 1. The number of fused-ring (bicyclic) bond motifs is 5. The van der Waals surface area contributed by atoms with Crippen LogP contribution in [-0.2, 0) is 4.79 Å². The first kappa shape index (κ1) is 15.1. The molecular formula is C19H30O3. The van der Waals surface area contributed by atoms with Crippen molar-refractivity contribution in [2.75, 3.05) is 0 Å². The summed E-state index contributed by atoms with van der Waals surface area (Å²) in [5.41, 5.74) is 0.0814. The maximum Gasteiger partial charge on any atom is 0.167 e. The first-order chi connectivity index (χ1) is 10.4. The van der Waals surface area contributed by atoms with E-state index in [9.17, 15) is 15.0 Å². The molecule has 0 aromatic rings. The number of hydrogen-bond acceptors (Lipinski definition) is 3. The summed E-state index contributed by atoms with van der Waals surface area (Å²) < 4.78 is 0. The number of rotatable bonds is 0. The first-order valence-corrected chi connectivity index (χ1v) is 9.26. The molecule has 0 heterocycles. The molecule has 0 saturated heterocycles. The van der Waals surface area contributed by atoms with E-state index in [4.69, 9.17) is 0 Å². The van der Waals surface area contributed by atoms with Crippen molar-refractivity contribution in [2.24, 2.45) is 34.5 Å². The molecule has 0 aliphatic heterocycles. The minimum Gasteiger partial charge on any atom is -0.393 e. The van der Waals surface area contributed by atoms with E-state index in [-0.39, 0.29) is 17.3 Å². The zero-order valence-corrected chi connectivity index (χ0v) is 13.9. The normalized spacial score (nSPS) is 57.9. The zero-order valence-electron chi connectivity index (χ0n) is 13.9. The van der Waals surface area contributed by atoms with E-state index >= 15 is 0 Å². The Labute approximate surface area is 133 Å². The Hall–Kier alpha value is -0.410. The number of carbonyl (C=O) groups is 1. The summed E-state index contributed by atoms with van der Waals surface area (Å²) in [6, 6.07) is 0. The second-order valence-electron chi connectivity index (χ2n) is 9.16. The van der Waals surface area contributed by atoms with Crippen LogP contribution in [-0.4, -0.2) is 28.2 Å². The molecule has 4 aliphatic rings. The van der Waals surface area contributed by atoms with Gasteiger partial charge in [-0.05, 0) is 80.5 Å². The maximum atomic E-state index is 12.5. The summed E-state index contributed by atoms with van der Waals surface area (Å²) in [5, 5.41) is 20.2. The fraction of sp³-hybridized carbons (Fsp3) is 0.947. The predicted molar refractivity (Wildman–Crippen MR) is 84.1 cm³/mol. The lowest BCUT2D eigenvalue weighted by Gasteiger charge is -2.59. The lowest BCUT2D eigenvalue weighted by Crippen LogP contribution is -2.54.